The van der Waals surface area contributed by atoms with E-state index >= 15 is 0 Å². The van der Waals surface area contributed by atoms with E-state index in [9.17, 15) is 0 Å². The Labute approximate surface area is 120 Å². The van der Waals surface area contributed by atoms with Gasteiger partial charge in [-0.05, 0) is 46.3 Å². The summed E-state index contributed by atoms with van der Waals surface area (Å²) in [6.07, 6.45) is 0. The zero-order valence-electron chi connectivity index (χ0n) is 10.8. The van der Waals surface area contributed by atoms with Gasteiger partial charge in [-0.3, -0.25) is 0 Å². The molecule has 19 heavy (non-hydrogen) atoms. The number of hydrogen-bond acceptors (Lipinski definition) is 4. The van der Waals surface area contributed by atoms with Crippen molar-refractivity contribution in [1.82, 2.24) is 4.98 Å². The number of nitrogens with zero attached hydrogens (tertiary/aromatic N) is 1. The Balaban J connectivity index is 2.05. The molecule has 0 aliphatic rings. The van der Waals surface area contributed by atoms with Crippen LogP contribution in [0.2, 0.25) is 0 Å². The molecule has 0 aliphatic carbocycles. The largest absolute Gasteiger partial charge is 0.497 e. The first-order chi connectivity index (χ1) is 9.22. The summed E-state index contributed by atoms with van der Waals surface area (Å²) in [5.74, 6) is 2.38. The maximum atomic E-state index is 5.73. The van der Waals surface area contributed by atoms with Crippen LogP contribution in [0.4, 0.5) is 5.82 Å². The Morgan fingerprint density at radius 2 is 2.11 bits per heavy atom. The van der Waals surface area contributed by atoms with Gasteiger partial charge < -0.3 is 14.8 Å². The highest BCUT2D eigenvalue weighted by Gasteiger charge is 2.04. The van der Waals surface area contributed by atoms with E-state index in [1.54, 1.807) is 7.11 Å². The first-order valence-electron chi connectivity index (χ1n) is 5.83. The predicted molar refractivity (Wildman–Crippen MR) is 78.8 cm³/mol. The van der Waals surface area contributed by atoms with Crippen molar-refractivity contribution in [2.24, 2.45) is 0 Å². The van der Waals surface area contributed by atoms with E-state index in [4.69, 9.17) is 9.47 Å². The van der Waals surface area contributed by atoms with E-state index in [0.717, 1.165) is 27.5 Å². The summed E-state index contributed by atoms with van der Waals surface area (Å²) in [6, 6.07) is 11.4. The summed E-state index contributed by atoms with van der Waals surface area (Å²) in [5.41, 5.74) is 0.870. The third-order valence-corrected chi connectivity index (χ3v) is 3.20. The van der Waals surface area contributed by atoms with Crippen LogP contribution in [0.1, 0.15) is 5.69 Å². The van der Waals surface area contributed by atoms with Crippen LogP contribution in [0, 0.1) is 0 Å². The lowest BCUT2D eigenvalue weighted by atomic mass is 10.3. The zero-order chi connectivity index (χ0) is 13.7. The normalized spacial score (nSPS) is 10.1. The molecule has 0 bridgehead atoms. The van der Waals surface area contributed by atoms with Crippen molar-refractivity contribution in [2.75, 3.05) is 19.5 Å². The average Bonchev–Trinajstić information content (AvgIpc) is 2.46. The molecule has 0 fully saturated rings. The van der Waals surface area contributed by atoms with Gasteiger partial charge in [-0.2, -0.15) is 0 Å². The van der Waals surface area contributed by atoms with Gasteiger partial charge in [0.25, 0.3) is 0 Å². The highest BCUT2D eigenvalue weighted by atomic mass is 79.9. The quantitative estimate of drug-likeness (QED) is 0.915. The molecular formula is C14H15BrN2O2. The van der Waals surface area contributed by atoms with Crippen LogP contribution in [-0.2, 0) is 6.61 Å². The minimum absolute atomic E-state index is 0.417. The molecule has 0 unspecified atom stereocenters. The number of rotatable bonds is 5. The number of hydrogen-bond donors (Lipinski definition) is 1. The van der Waals surface area contributed by atoms with Crippen LogP contribution in [0.3, 0.4) is 0 Å². The summed E-state index contributed by atoms with van der Waals surface area (Å²) >= 11 is 3.45. The number of aromatic nitrogens is 1. The van der Waals surface area contributed by atoms with Crippen molar-refractivity contribution in [3.05, 3.63) is 46.6 Å². The Bertz CT molecular complexity index is 561. The first kappa shape index (κ1) is 13.7. The minimum Gasteiger partial charge on any atom is -0.497 e. The third-order valence-electron chi connectivity index (χ3n) is 2.58. The molecule has 1 N–H and O–H groups in total. The molecule has 2 aromatic rings. The van der Waals surface area contributed by atoms with Gasteiger partial charge in [0, 0.05) is 7.05 Å². The van der Waals surface area contributed by atoms with Crippen molar-refractivity contribution >= 4 is 21.7 Å². The van der Waals surface area contributed by atoms with Gasteiger partial charge in [-0.15, -0.1) is 0 Å². The second-order valence-corrected chi connectivity index (χ2v) is 4.70. The second kappa shape index (κ2) is 6.43. The number of halogens is 1. The molecule has 2 rings (SSSR count). The van der Waals surface area contributed by atoms with Gasteiger partial charge in [-0.1, -0.05) is 6.07 Å². The molecule has 1 aromatic heterocycles. The lowest BCUT2D eigenvalue weighted by Crippen LogP contribution is -2.01. The fourth-order valence-electron chi connectivity index (χ4n) is 1.58. The van der Waals surface area contributed by atoms with Gasteiger partial charge in [0.05, 0.1) is 17.3 Å². The van der Waals surface area contributed by atoms with Gasteiger partial charge >= 0.3 is 0 Å². The first-order valence-corrected chi connectivity index (χ1v) is 6.62. The zero-order valence-corrected chi connectivity index (χ0v) is 12.4. The van der Waals surface area contributed by atoms with Crippen molar-refractivity contribution < 1.29 is 9.47 Å². The van der Waals surface area contributed by atoms with Crippen LogP contribution in [0.25, 0.3) is 0 Å². The molecule has 100 valence electrons. The van der Waals surface area contributed by atoms with Crippen LogP contribution in [-0.4, -0.2) is 19.1 Å². The number of benzene rings is 1. The van der Waals surface area contributed by atoms with Crippen molar-refractivity contribution in [3.63, 3.8) is 0 Å². The second-order valence-electron chi connectivity index (χ2n) is 3.85. The lowest BCUT2D eigenvalue weighted by molar-refractivity contribution is 0.299. The number of nitrogens with one attached hydrogen (secondary N) is 1. The summed E-state index contributed by atoms with van der Waals surface area (Å²) < 4.78 is 11.7. The summed E-state index contributed by atoms with van der Waals surface area (Å²) in [7, 11) is 3.47. The summed E-state index contributed by atoms with van der Waals surface area (Å²) in [6.45, 7) is 0.417. The molecule has 0 saturated heterocycles. The molecule has 1 aromatic carbocycles. The van der Waals surface area contributed by atoms with E-state index < -0.39 is 0 Å². The van der Waals surface area contributed by atoms with E-state index in [2.05, 4.69) is 26.2 Å². The van der Waals surface area contributed by atoms with Gasteiger partial charge in [0.2, 0.25) is 0 Å². The third kappa shape index (κ3) is 3.61. The molecule has 0 aliphatic heterocycles. The molecule has 0 radical (unpaired) electrons. The molecule has 0 amide bonds. The highest BCUT2D eigenvalue weighted by Crippen LogP contribution is 2.29. The van der Waals surface area contributed by atoms with Crippen LogP contribution in [0.5, 0.6) is 11.5 Å². The molecule has 4 nitrogen and oxygen atoms in total. The maximum absolute atomic E-state index is 5.73. The van der Waals surface area contributed by atoms with E-state index in [1.165, 1.54) is 0 Å². The van der Waals surface area contributed by atoms with E-state index in [0.29, 0.717) is 6.61 Å². The fourth-order valence-corrected chi connectivity index (χ4v) is 2.05. The standard InChI is InChI=1S/C14H15BrN2O2/c1-16-14-5-3-4-10(17-14)9-19-13-7-6-11(18-2)8-12(13)15/h3-8H,9H2,1-2H3,(H,16,17). The van der Waals surface area contributed by atoms with E-state index in [1.807, 2.05) is 43.4 Å². The summed E-state index contributed by atoms with van der Waals surface area (Å²) in [4.78, 5) is 4.39. The molecule has 0 spiro atoms. The average molecular weight is 323 g/mol. The van der Waals surface area contributed by atoms with Crippen molar-refractivity contribution in [3.8, 4) is 11.5 Å². The molecule has 5 heteroatoms. The van der Waals surface area contributed by atoms with Gasteiger partial charge in [-0.25, -0.2) is 4.98 Å². The Hall–Kier alpha value is -1.75. The Morgan fingerprint density at radius 1 is 1.26 bits per heavy atom. The van der Waals surface area contributed by atoms with Gasteiger partial charge in [0.15, 0.2) is 0 Å². The fraction of sp³-hybridized carbons (Fsp3) is 0.214. The van der Waals surface area contributed by atoms with Crippen LogP contribution >= 0.6 is 15.9 Å². The topological polar surface area (TPSA) is 43.4 Å². The number of ether oxygens (including phenoxy) is 2. The molecular weight excluding hydrogens is 308 g/mol. The Kier molecular flexibility index (Phi) is 4.63. The monoisotopic (exact) mass is 322 g/mol. The number of anilines is 1. The van der Waals surface area contributed by atoms with Crippen LogP contribution < -0.4 is 14.8 Å². The minimum atomic E-state index is 0.417. The van der Waals surface area contributed by atoms with Crippen LogP contribution in [0.15, 0.2) is 40.9 Å². The van der Waals surface area contributed by atoms with Crippen molar-refractivity contribution in [1.29, 1.82) is 0 Å². The van der Waals surface area contributed by atoms with E-state index in [-0.39, 0.29) is 0 Å². The van der Waals surface area contributed by atoms with Gasteiger partial charge in [0.1, 0.15) is 23.9 Å². The molecule has 0 atom stereocenters. The predicted octanol–water partition coefficient (Wildman–Crippen LogP) is 3.47. The lowest BCUT2D eigenvalue weighted by Gasteiger charge is -2.09. The molecule has 0 saturated carbocycles. The maximum Gasteiger partial charge on any atom is 0.134 e. The number of methoxy groups -OCH3 is 1. The van der Waals surface area contributed by atoms with Crippen molar-refractivity contribution in [2.45, 2.75) is 6.61 Å². The summed E-state index contributed by atoms with van der Waals surface area (Å²) in [5, 5.41) is 3.00. The number of pyridine rings is 1. The smallest absolute Gasteiger partial charge is 0.134 e. The Morgan fingerprint density at radius 3 is 2.79 bits per heavy atom. The molecule has 1 heterocycles. The highest BCUT2D eigenvalue weighted by molar-refractivity contribution is 9.10. The SMILES string of the molecule is CNc1cccc(COc2ccc(OC)cc2Br)n1.